The summed E-state index contributed by atoms with van der Waals surface area (Å²) < 4.78 is 0. The molecule has 1 aromatic heterocycles. The van der Waals surface area contributed by atoms with Crippen LogP contribution < -0.4 is 0 Å². The number of allylic oxidation sites excluding steroid dienone is 1. The van der Waals surface area contributed by atoms with Crippen LogP contribution >= 0.6 is 0 Å². The second kappa shape index (κ2) is 11.3. The van der Waals surface area contributed by atoms with Gasteiger partial charge in [-0.25, -0.2) is 15.0 Å². The van der Waals surface area contributed by atoms with E-state index in [1.807, 2.05) is 36.4 Å². The second-order valence-electron chi connectivity index (χ2n) is 13.0. The largest absolute Gasteiger partial charge is 0.208 e. The van der Waals surface area contributed by atoms with E-state index in [4.69, 9.17) is 21.5 Å². The maximum absolute atomic E-state index is 5.02. The number of hydrogen-bond donors (Lipinski definition) is 0. The van der Waals surface area contributed by atoms with Crippen molar-refractivity contribution < 1.29 is 0 Å². The third-order valence-corrected chi connectivity index (χ3v) is 10.2. The SMILES string of the molecule is C=C1CC(CC)CCC12c1ccccc1-c1ccc(-c3cc(C)cc(-c4nc(-c5ccccc5)nc(-c5ccccc5)n4)c3)cc12. The van der Waals surface area contributed by atoms with Crippen LogP contribution in [0.5, 0.6) is 0 Å². The van der Waals surface area contributed by atoms with Gasteiger partial charge in [0.1, 0.15) is 0 Å². The molecule has 1 fully saturated rings. The summed E-state index contributed by atoms with van der Waals surface area (Å²) in [6.07, 6.45) is 4.65. The fourth-order valence-electron chi connectivity index (χ4n) is 7.78. The highest BCUT2D eigenvalue weighted by molar-refractivity contribution is 5.86. The molecular weight excluding hydrogens is 558 g/mol. The molecule has 2 unspecified atom stereocenters. The molecule has 3 nitrogen and oxygen atoms in total. The van der Waals surface area contributed by atoms with Gasteiger partial charge in [-0.3, -0.25) is 0 Å². The Balaban J connectivity index is 1.26. The van der Waals surface area contributed by atoms with Crippen LogP contribution in [0.4, 0.5) is 0 Å². The van der Waals surface area contributed by atoms with E-state index < -0.39 is 0 Å². The van der Waals surface area contributed by atoms with Gasteiger partial charge in [-0.15, -0.1) is 0 Å². The van der Waals surface area contributed by atoms with E-state index in [1.54, 1.807) is 0 Å². The Bertz CT molecular complexity index is 2040. The van der Waals surface area contributed by atoms with Crippen molar-refractivity contribution in [2.24, 2.45) is 5.92 Å². The molecule has 0 amide bonds. The molecule has 224 valence electrons. The van der Waals surface area contributed by atoms with Crippen LogP contribution in [0.2, 0.25) is 0 Å². The van der Waals surface area contributed by atoms with Crippen LogP contribution in [-0.4, -0.2) is 15.0 Å². The van der Waals surface area contributed by atoms with E-state index in [0.717, 1.165) is 35.4 Å². The van der Waals surface area contributed by atoms with Crippen molar-refractivity contribution >= 4 is 0 Å². The van der Waals surface area contributed by atoms with Crippen molar-refractivity contribution in [3.05, 3.63) is 150 Å². The zero-order valence-corrected chi connectivity index (χ0v) is 26.5. The first-order valence-corrected chi connectivity index (χ1v) is 16.5. The molecule has 3 heteroatoms. The highest BCUT2D eigenvalue weighted by Crippen LogP contribution is 2.59. The van der Waals surface area contributed by atoms with Gasteiger partial charge in [-0.1, -0.05) is 129 Å². The quantitative estimate of drug-likeness (QED) is 0.186. The lowest BCUT2D eigenvalue weighted by molar-refractivity contribution is 0.338. The van der Waals surface area contributed by atoms with Gasteiger partial charge in [0.25, 0.3) is 0 Å². The van der Waals surface area contributed by atoms with Gasteiger partial charge in [0.05, 0.1) is 0 Å². The first-order chi connectivity index (χ1) is 22.5. The van der Waals surface area contributed by atoms with Crippen LogP contribution in [0.15, 0.2) is 133 Å². The maximum atomic E-state index is 5.02. The van der Waals surface area contributed by atoms with E-state index in [9.17, 15) is 0 Å². The van der Waals surface area contributed by atoms with E-state index in [0.29, 0.717) is 17.5 Å². The third kappa shape index (κ3) is 4.70. The van der Waals surface area contributed by atoms with E-state index in [1.165, 1.54) is 57.4 Å². The average Bonchev–Trinajstić information content (AvgIpc) is 3.39. The van der Waals surface area contributed by atoms with Gasteiger partial charge in [0.2, 0.25) is 0 Å². The Kier molecular flexibility index (Phi) is 6.98. The van der Waals surface area contributed by atoms with Gasteiger partial charge in [-0.2, -0.15) is 0 Å². The predicted octanol–water partition coefficient (Wildman–Crippen LogP) is 10.9. The molecule has 6 aromatic rings. The van der Waals surface area contributed by atoms with Crippen molar-refractivity contribution in [3.63, 3.8) is 0 Å². The summed E-state index contributed by atoms with van der Waals surface area (Å²) in [7, 11) is 0. The summed E-state index contributed by atoms with van der Waals surface area (Å²) in [4.78, 5) is 14.9. The van der Waals surface area contributed by atoms with Crippen molar-refractivity contribution in [3.8, 4) is 56.4 Å². The smallest absolute Gasteiger partial charge is 0.164 e. The van der Waals surface area contributed by atoms with Crippen molar-refractivity contribution in [2.45, 2.75) is 44.9 Å². The van der Waals surface area contributed by atoms with Gasteiger partial charge in [0, 0.05) is 22.1 Å². The molecule has 0 saturated heterocycles. The molecule has 46 heavy (non-hydrogen) atoms. The van der Waals surface area contributed by atoms with Gasteiger partial charge < -0.3 is 0 Å². The molecule has 0 radical (unpaired) electrons. The average molecular weight is 596 g/mol. The zero-order chi connectivity index (χ0) is 31.3. The van der Waals surface area contributed by atoms with Crippen LogP contribution in [0.25, 0.3) is 56.4 Å². The number of hydrogen-bond acceptors (Lipinski definition) is 3. The second-order valence-corrected chi connectivity index (χ2v) is 13.0. The van der Waals surface area contributed by atoms with E-state index in [2.05, 4.69) is 98.8 Å². The summed E-state index contributed by atoms with van der Waals surface area (Å²) in [6.45, 7) is 9.23. The van der Waals surface area contributed by atoms with Crippen molar-refractivity contribution in [1.29, 1.82) is 0 Å². The lowest BCUT2D eigenvalue weighted by Crippen LogP contribution is -2.33. The van der Waals surface area contributed by atoms with Gasteiger partial charge in [-0.05, 0) is 89.2 Å². The minimum atomic E-state index is -0.121. The molecule has 0 N–H and O–H groups in total. The number of nitrogens with zero attached hydrogens (tertiary/aromatic N) is 3. The lowest BCUT2D eigenvalue weighted by Gasteiger charge is -2.41. The Morgan fingerprint density at radius 3 is 1.85 bits per heavy atom. The number of aryl methyl sites for hydroxylation is 1. The number of aromatic nitrogens is 3. The lowest BCUT2D eigenvalue weighted by atomic mass is 9.62. The van der Waals surface area contributed by atoms with Crippen LogP contribution in [0.1, 0.15) is 49.3 Å². The summed E-state index contributed by atoms with van der Waals surface area (Å²) >= 11 is 0. The Labute approximate surface area is 271 Å². The molecule has 0 bridgehead atoms. The minimum Gasteiger partial charge on any atom is -0.208 e. The standard InChI is InChI=1S/C43H37N3/c1-4-30-21-22-43(29(3)25-30)38-18-12-11-17-36(38)37-20-19-33(27-39(37)43)34-23-28(2)24-35(26-34)42-45-40(31-13-7-5-8-14-31)44-41(46-42)32-15-9-6-10-16-32/h5-20,23-24,26-27,30H,3-4,21-22,25H2,1-2H3. The normalized spacial score (nSPS) is 18.4. The van der Waals surface area contributed by atoms with E-state index in [-0.39, 0.29) is 5.41 Å². The summed E-state index contributed by atoms with van der Waals surface area (Å²) in [5.74, 6) is 2.74. The molecule has 2 aliphatic carbocycles. The Hall–Kier alpha value is -5.15. The summed E-state index contributed by atoms with van der Waals surface area (Å²) in [6, 6.07) is 43.1. The minimum absolute atomic E-state index is 0.121. The first-order valence-electron chi connectivity index (χ1n) is 16.5. The number of rotatable bonds is 5. The Morgan fingerprint density at radius 2 is 1.20 bits per heavy atom. The van der Waals surface area contributed by atoms with E-state index >= 15 is 0 Å². The molecule has 2 aliphatic rings. The van der Waals surface area contributed by atoms with Crippen molar-refractivity contribution in [2.75, 3.05) is 0 Å². The molecule has 8 rings (SSSR count). The van der Waals surface area contributed by atoms with Gasteiger partial charge >= 0.3 is 0 Å². The predicted molar refractivity (Wildman–Crippen MR) is 189 cm³/mol. The monoisotopic (exact) mass is 595 g/mol. The zero-order valence-electron chi connectivity index (χ0n) is 26.5. The number of benzene rings is 5. The summed E-state index contributed by atoms with van der Waals surface area (Å²) in [5.41, 5.74) is 13.3. The molecule has 2 atom stereocenters. The fourth-order valence-corrected chi connectivity index (χ4v) is 7.78. The molecule has 1 heterocycles. The molecule has 1 saturated carbocycles. The highest BCUT2D eigenvalue weighted by Gasteiger charge is 2.47. The number of fused-ring (bicyclic) bond motifs is 5. The van der Waals surface area contributed by atoms with Crippen LogP contribution in [-0.2, 0) is 5.41 Å². The molecule has 1 spiro atoms. The topological polar surface area (TPSA) is 38.7 Å². The van der Waals surface area contributed by atoms with Crippen LogP contribution in [0, 0.1) is 12.8 Å². The maximum Gasteiger partial charge on any atom is 0.164 e. The molecule has 5 aromatic carbocycles. The molecular formula is C43H37N3. The molecule has 0 aliphatic heterocycles. The Morgan fingerprint density at radius 1 is 0.609 bits per heavy atom. The van der Waals surface area contributed by atoms with Gasteiger partial charge in [0.15, 0.2) is 17.5 Å². The fraction of sp³-hybridized carbons (Fsp3) is 0.186. The third-order valence-electron chi connectivity index (χ3n) is 10.2. The van der Waals surface area contributed by atoms with Crippen molar-refractivity contribution in [1.82, 2.24) is 15.0 Å². The summed E-state index contributed by atoms with van der Waals surface area (Å²) in [5, 5.41) is 0. The first kappa shape index (κ1) is 28.3. The highest BCUT2D eigenvalue weighted by atomic mass is 15.0. The van der Waals surface area contributed by atoms with Crippen LogP contribution in [0.3, 0.4) is 0 Å².